The molecule has 1 aliphatic heterocycles. The highest BCUT2D eigenvalue weighted by Crippen LogP contribution is 2.45. The van der Waals surface area contributed by atoms with Gasteiger partial charge >= 0.3 is 0 Å². The van der Waals surface area contributed by atoms with Crippen LogP contribution >= 0.6 is 11.8 Å². The van der Waals surface area contributed by atoms with E-state index >= 15 is 0 Å². The maximum Gasteiger partial charge on any atom is 0.180 e. The topological polar surface area (TPSA) is 34.1 Å². The van der Waals surface area contributed by atoms with Gasteiger partial charge in [-0.15, -0.1) is 11.8 Å². The van der Waals surface area contributed by atoms with Crippen molar-refractivity contribution in [2.24, 2.45) is 0 Å². The number of thioether (sulfide) groups is 1. The molecule has 3 rings (SSSR count). The summed E-state index contributed by atoms with van der Waals surface area (Å²) in [7, 11) is -3.03. The Morgan fingerprint density at radius 2 is 1.78 bits per heavy atom. The molecule has 1 saturated carbocycles. The molecule has 4 heteroatoms. The van der Waals surface area contributed by atoms with E-state index in [2.05, 4.69) is 0 Å². The average Bonchev–Trinajstić information content (AvgIpc) is 2.63. The van der Waals surface area contributed by atoms with Gasteiger partial charge in [-0.1, -0.05) is 37.5 Å². The van der Waals surface area contributed by atoms with E-state index in [1.165, 1.54) is 32.1 Å². The molecule has 0 N–H and O–H groups in total. The molecule has 0 spiro atoms. The van der Waals surface area contributed by atoms with Crippen molar-refractivity contribution in [1.82, 2.24) is 0 Å². The van der Waals surface area contributed by atoms with E-state index in [0.717, 1.165) is 5.56 Å². The van der Waals surface area contributed by atoms with Gasteiger partial charge in [0.2, 0.25) is 0 Å². The minimum atomic E-state index is -3.03. The Bertz CT molecular complexity index is 530. The molecule has 18 heavy (non-hydrogen) atoms. The zero-order valence-electron chi connectivity index (χ0n) is 10.3. The molecule has 0 aromatic heterocycles. The summed E-state index contributed by atoms with van der Waals surface area (Å²) in [6.07, 6.45) is 6.46. The SMILES string of the molecule is O=S1(=O)CC(SC2CCCCC2)c2ccccc21. The Kier molecular flexibility index (Phi) is 3.41. The molecule has 1 aromatic carbocycles. The van der Waals surface area contributed by atoms with Crippen molar-refractivity contribution in [1.29, 1.82) is 0 Å². The molecule has 2 nitrogen and oxygen atoms in total. The lowest BCUT2D eigenvalue weighted by atomic mass is 10.0. The summed E-state index contributed by atoms with van der Waals surface area (Å²) in [5.74, 6) is 0.299. The van der Waals surface area contributed by atoms with Crippen LogP contribution in [0.3, 0.4) is 0 Å². The van der Waals surface area contributed by atoms with Gasteiger partial charge in [0.15, 0.2) is 9.84 Å². The van der Waals surface area contributed by atoms with Gasteiger partial charge < -0.3 is 0 Å². The summed E-state index contributed by atoms with van der Waals surface area (Å²) >= 11 is 1.89. The summed E-state index contributed by atoms with van der Waals surface area (Å²) < 4.78 is 24.2. The summed E-state index contributed by atoms with van der Waals surface area (Å²) in [4.78, 5) is 0.568. The first-order valence-electron chi connectivity index (χ1n) is 6.64. The molecular weight excluding hydrogens is 264 g/mol. The lowest BCUT2D eigenvalue weighted by Gasteiger charge is -2.24. The predicted octanol–water partition coefficient (Wildman–Crippen LogP) is 3.58. The number of benzene rings is 1. The largest absolute Gasteiger partial charge is 0.224 e. The predicted molar refractivity (Wildman–Crippen MR) is 75.7 cm³/mol. The van der Waals surface area contributed by atoms with Crippen LogP contribution in [0.5, 0.6) is 0 Å². The monoisotopic (exact) mass is 282 g/mol. The van der Waals surface area contributed by atoms with Gasteiger partial charge in [-0.25, -0.2) is 8.42 Å². The quantitative estimate of drug-likeness (QED) is 0.831. The van der Waals surface area contributed by atoms with Crippen molar-refractivity contribution in [2.75, 3.05) is 5.75 Å². The van der Waals surface area contributed by atoms with Gasteiger partial charge in [-0.3, -0.25) is 0 Å². The molecule has 98 valence electrons. The molecule has 0 amide bonds. The third kappa shape index (κ3) is 2.32. The Balaban J connectivity index is 1.83. The summed E-state index contributed by atoms with van der Waals surface area (Å²) in [6.45, 7) is 0. The van der Waals surface area contributed by atoms with Crippen molar-refractivity contribution >= 4 is 21.6 Å². The third-order valence-electron chi connectivity index (χ3n) is 3.88. The van der Waals surface area contributed by atoms with E-state index in [0.29, 0.717) is 15.9 Å². The number of hydrogen-bond donors (Lipinski definition) is 0. The lowest BCUT2D eigenvalue weighted by molar-refractivity contribution is 0.515. The fraction of sp³-hybridized carbons (Fsp3) is 0.571. The summed E-state index contributed by atoms with van der Waals surface area (Å²) in [5.41, 5.74) is 1.04. The minimum absolute atomic E-state index is 0.161. The Hall–Kier alpha value is -0.480. The van der Waals surface area contributed by atoms with E-state index in [1.807, 2.05) is 30.0 Å². The second-order valence-electron chi connectivity index (χ2n) is 5.20. The number of rotatable bonds is 2. The fourth-order valence-electron chi connectivity index (χ4n) is 2.95. The molecule has 0 saturated heterocycles. The lowest BCUT2D eigenvalue weighted by Crippen LogP contribution is -2.11. The van der Waals surface area contributed by atoms with Crippen molar-refractivity contribution < 1.29 is 8.42 Å². The maximum absolute atomic E-state index is 12.1. The molecule has 1 unspecified atom stereocenters. The van der Waals surface area contributed by atoms with E-state index < -0.39 is 9.84 Å². The van der Waals surface area contributed by atoms with Gasteiger partial charge in [0.25, 0.3) is 0 Å². The summed E-state index contributed by atoms with van der Waals surface area (Å²) in [5, 5.41) is 0.819. The van der Waals surface area contributed by atoms with Crippen LogP contribution in [0.25, 0.3) is 0 Å². The second-order valence-corrected chi connectivity index (χ2v) is 8.71. The van der Waals surface area contributed by atoms with Gasteiger partial charge in [0.05, 0.1) is 10.6 Å². The van der Waals surface area contributed by atoms with Crippen molar-refractivity contribution in [3.8, 4) is 0 Å². The molecule has 2 aliphatic rings. The number of hydrogen-bond acceptors (Lipinski definition) is 3. The highest BCUT2D eigenvalue weighted by atomic mass is 32.2. The molecule has 1 aliphatic carbocycles. The molecule has 1 heterocycles. The second kappa shape index (κ2) is 4.89. The van der Waals surface area contributed by atoms with E-state index in [4.69, 9.17) is 0 Å². The van der Waals surface area contributed by atoms with Crippen LogP contribution in [-0.4, -0.2) is 19.4 Å². The fourth-order valence-corrected chi connectivity index (χ4v) is 6.92. The van der Waals surface area contributed by atoms with Crippen LogP contribution in [0.1, 0.15) is 42.9 Å². The van der Waals surface area contributed by atoms with Gasteiger partial charge in [0.1, 0.15) is 0 Å². The van der Waals surface area contributed by atoms with Crippen molar-refractivity contribution in [2.45, 2.75) is 47.5 Å². The van der Waals surface area contributed by atoms with Crippen LogP contribution in [0.15, 0.2) is 29.2 Å². The normalized spacial score (nSPS) is 27.0. The van der Waals surface area contributed by atoms with Crippen molar-refractivity contribution in [3.05, 3.63) is 29.8 Å². The van der Waals surface area contributed by atoms with E-state index in [9.17, 15) is 8.42 Å². The smallest absolute Gasteiger partial charge is 0.180 e. The average molecular weight is 282 g/mol. The van der Waals surface area contributed by atoms with Crippen LogP contribution in [0.4, 0.5) is 0 Å². The first kappa shape index (κ1) is 12.5. The zero-order chi connectivity index (χ0) is 12.6. The highest BCUT2D eigenvalue weighted by molar-refractivity contribution is 8.02. The van der Waals surface area contributed by atoms with Crippen LogP contribution in [0.2, 0.25) is 0 Å². The third-order valence-corrected chi connectivity index (χ3v) is 7.51. The van der Waals surface area contributed by atoms with Crippen LogP contribution < -0.4 is 0 Å². The van der Waals surface area contributed by atoms with Gasteiger partial charge in [-0.05, 0) is 24.5 Å². The zero-order valence-corrected chi connectivity index (χ0v) is 12.0. The van der Waals surface area contributed by atoms with Crippen LogP contribution in [0, 0.1) is 0 Å². The Morgan fingerprint density at radius 1 is 1.06 bits per heavy atom. The van der Waals surface area contributed by atoms with E-state index in [1.54, 1.807) is 6.07 Å². The molecule has 1 atom stereocenters. The number of sulfone groups is 1. The molecule has 0 radical (unpaired) electrons. The summed E-state index contributed by atoms with van der Waals surface area (Å²) in [6, 6.07) is 7.52. The number of fused-ring (bicyclic) bond motifs is 1. The Labute approximate surface area is 113 Å². The highest BCUT2D eigenvalue weighted by Gasteiger charge is 2.36. The van der Waals surface area contributed by atoms with E-state index in [-0.39, 0.29) is 5.25 Å². The maximum atomic E-state index is 12.1. The standard InChI is InChI=1S/C14H18O2S2/c15-18(16)10-13(12-8-4-5-9-14(12)18)17-11-6-2-1-3-7-11/h4-5,8-9,11,13H,1-3,6-7,10H2. The molecule has 0 bridgehead atoms. The van der Waals surface area contributed by atoms with Gasteiger partial charge in [-0.2, -0.15) is 0 Å². The minimum Gasteiger partial charge on any atom is -0.224 e. The first-order chi connectivity index (χ1) is 8.67. The van der Waals surface area contributed by atoms with Crippen LogP contribution in [-0.2, 0) is 9.84 Å². The molecule has 1 aromatic rings. The van der Waals surface area contributed by atoms with Crippen molar-refractivity contribution in [3.63, 3.8) is 0 Å². The first-order valence-corrected chi connectivity index (χ1v) is 9.23. The Morgan fingerprint density at radius 3 is 2.56 bits per heavy atom. The van der Waals surface area contributed by atoms with Gasteiger partial charge in [0, 0.05) is 10.5 Å². The molecule has 1 fully saturated rings. The molecular formula is C14H18O2S2.